The van der Waals surface area contributed by atoms with Gasteiger partial charge in [-0.1, -0.05) is 17.9 Å². The summed E-state index contributed by atoms with van der Waals surface area (Å²) in [6.45, 7) is 1.71. The van der Waals surface area contributed by atoms with E-state index >= 15 is 0 Å². The van der Waals surface area contributed by atoms with Gasteiger partial charge in [-0.2, -0.15) is 0 Å². The molecule has 9 atom stereocenters. The topological polar surface area (TPSA) is 188 Å². The number of aromatic hydroxyl groups is 1. The average Bonchev–Trinajstić information content (AvgIpc) is 3.76. The maximum atomic E-state index is 14.3. The van der Waals surface area contributed by atoms with E-state index in [0.29, 0.717) is 106 Å². The van der Waals surface area contributed by atoms with Crippen LogP contribution in [0.1, 0.15) is 118 Å². The van der Waals surface area contributed by atoms with E-state index in [0.717, 1.165) is 72.9 Å². The van der Waals surface area contributed by atoms with Crippen molar-refractivity contribution in [2.24, 2.45) is 34.1 Å². The van der Waals surface area contributed by atoms with Gasteiger partial charge in [0, 0.05) is 56.7 Å². The number of aromatic nitrogens is 1. The molecule has 3 fully saturated rings. The first-order chi connectivity index (χ1) is 28.5. The van der Waals surface area contributed by atoms with Crippen LogP contribution >= 0.6 is 0 Å². The molecule has 0 bridgehead atoms. The van der Waals surface area contributed by atoms with Crippen molar-refractivity contribution in [2.75, 3.05) is 32.5 Å². The smallest absolute Gasteiger partial charge is 0.160 e. The molecule has 2 aromatic rings. The Labute approximate surface area is 349 Å². The fraction of sp³-hybridized carbons (Fsp3) is 0.625. The summed E-state index contributed by atoms with van der Waals surface area (Å²) in [6, 6.07) is 5.66. The van der Waals surface area contributed by atoms with Crippen LogP contribution in [0.2, 0.25) is 0 Å². The molecule has 7 rings (SSSR count). The van der Waals surface area contributed by atoms with Crippen LogP contribution in [0.5, 0.6) is 11.5 Å². The van der Waals surface area contributed by atoms with Gasteiger partial charge in [0.2, 0.25) is 0 Å². The normalized spacial score (nSPS) is 29.0. The van der Waals surface area contributed by atoms with Crippen LogP contribution in [0.3, 0.4) is 0 Å². The standard InChI is InChI=1S/C48H64N4O7/c1-59-44-23-35-7-11-45(57)48(15-12-30(21-46(48)58)19-33(3-2-18-53)38-22-36-6-10-40(55)25-42(36)51-28-38)16-13-32(41(35)26-43(44)56)4-8-39(54)9-5-34-24-47(49)52-29-37(34)20-31-14-17-50-27-31/h14,23-24,26-27,29-30,32-33,36,38-39,42,46,51,53-54,56,58H,2-12,15,17-22,25,28H2,1H3,(H2,49,52)/t30-,32-,33-,36+,38+,39-,42+,46+,48+/m0/s1. The summed E-state index contributed by atoms with van der Waals surface area (Å²) in [7, 11) is 1.51. The van der Waals surface area contributed by atoms with Gasteiger partial charge in [-0.15, -0.1) is 0 Å². The molecule has 11 nitrogen and oxygen atoms in total. The predicted octanol–water partition coefficient (Wildman–Crippen LogP) is 5.58. The van der Waals surface area contributed by atoms with Gasteiger partial charge in [0.05, 0.1) is 25.9 Å². The predicted molar refractivity (Wildman–Crippen MR) is 228 cm³/mol. The lowest BCUT2D eigenvalue weighted by atomic mass is 9.63. The molecule has 0 radical (unpaired) electrons. The van der Waals surface area contributed by atoms with Crippen molar-refractivity contribution in [2.45, 2.75) is 133 Å². The number of phenolic OH excluding ortho intramolecular Hbond substituents is 1. The number of benzene rings is 1. The number of hydrogen-bond acceptors (Lipinski definition) is 11. The summed E-state index contributed by atoms with van der Waals surface area (Å²) in [5.74, 6) is 9.13. The molecule has 2 aliphatic heterocycles. The molecule has 11 heteroatoms. The highest BCUT2D eigenvalue weighted by Gasteiger charge is 2.48. The van der Waals surface area contributed by atoms with Crippen LogP contribution in [0.4, 0.5) is 5.82 Å². The minimum atomic E-state index is -1.19. The Balaban J connectivity index is 1.05. The SMILES string of the molecule is COc1cc2c(cc1O)[C@@H](CC[C@H](O)CCc1cc(N)ncc1CC1=CCN=C1)C#C[C@]1(CC[C@@H](C[C@H](CCCO)[C@H]3CN[C@@H]4CC(=O)CC[C@@H]4C3)C[C@H]1O)C(=O)CC2. The van der Waals surface area contributed by atoms with E-state index in [9.17, 15) is 30.0 Å². The third kappa shape index (κ3) is 10.3. The summed E-state index contributed by atoms with van der Waals surface area (Å²) in [5, 5.41) is 47.8. The van der Waals surface area contributed by atoms with Crippen LogP contribution in [0, 0.1) is 40.9 Å². The number of rotatable bonds is 15. The Kier molecular flexibility index (Phi) is 14.2. The number of piperidine rings is 1. The molecule has 1 saturated heterocycles. The Morgan fingerprint density at radius 3 is 2.73 bits per heavy atom. The molecule has 2 saturated carbocycles. The molecule has 59 heavy (non-hydrogen) atoms. The number of ether oxygens (including phenoxy) is 1. The number of carbonyl (C=O) groups excluding carboxylic acids is 2. The van der Waals surface area contributed by atoms with Crippen LogP contribution in [0.25, 0.3) is 0 Å². The summed E-state index contributed by atoms with van der Waals surface area (Å²) in [5.41, 5.74) is 9.85. The van der Waals surface area contributed by atoms with Crippen molar-refractivity contribution in [3.63, 3.8) is 0 Å². The summed E-state index contributed by atoms with van der Waals surface area (Å²) < 4.78 is 5.47. The summed E-state index contributed by atoms with van der Waals surface area (Å²) >= 11 is 0. The van der Waals surface area contributed by atoms with E-state index in [2.05, 4.69) is 33.2 Å². The number of allylic oxidation sites excluding steroid dienone is 1. The largest absolute Gasteiger partial charge is 0.504 e. The highest BCUT2D eigenvalue weighted by atomic mass is 16.5. The van der Waals surface area contributed by atoms with Crippen molar-refractivity contribution in [3.05, 3.63) is 58.3 Å². The first-order valence-corrected chi connectivity index (χ1v) is 22.1. The number of nitrogens with one attached hydrogen (secondary N) is 1. The number of methoxy groups -OCH3 is 1. The van der Waals surface area contributed by atoms with Gasteiger partial charge >= 0.3 is 0 Å². The highest BCUT2D eigenvalue weighted by molar-refractivity contribution is 5.89. The molecular weight excluding hydrogens is 745 g/mol. The molecule has 1 aromatic carbocycles. The molecule has 1 aromatic heterocycles. The Morgan fingerprint density at radius 2 is 1.95 bits per heavy atom. The number of nitrogens with two attached hydrogens (primary N) is 1. The number of Topliss-reactive ketones (excluding diaryl/α,β-unsaturated/α-hetero) is 2. The van der Waals surface area contributed by atoms with E-state index in [1.54, 1.807) is 12.1 Å². The van der Waals surface area contributed by atoms with Gasteiger partial charge < -0.3 is 36.2 Å². The number of nitrogens with zero attached hydrogens (tertiary/aromatic N) is 2. The van der Waals surface area contributed by atoms with Crippen LogP contribution < -0.4 is 15.8 Å². The monoisotopic (exact) mass is 808 g/mol. The molecule has 3 heterocycles. The Hall–Kier alpha value is -4.08. The van der Waals surface area contributed by atoms with Crippen LogP contribution in [0.15, 0.2) is 41.0 Å². The molecule has 318 valence electrons. The Morgan fingerprint density at radius 1 is 1.08 bits per heavy atom. The number of nitrogen functional groups attached to an aromatic ring is 1. The molecule has 7 N–H and O–H groups in total. The molecule has 5 aliphatic rings. The second-order valence-corrected chi connectivity index (χ2v) is 18.1. The highest BCUT2D eigenvalue weighted by Crippen LogP contribution is 2.47. The molecule has 0 amide bonds. The number of hydrogen-bond donors (Lipinski definition) is 6. The summed E-state index contributed by atoms with van der Waals surface area (Å²) in [6.07, 6.45) is 15.4. The second kappa shape index (κ2) is 19.5. The zero-order valence-corrected chi connectivity index (χ0v) is 34.7. The van der Waals surface area contributed by atoms with Crippen LogP contribution in [-0.2, 0) is 28.9 Å². The second-order valence-electron chi connectivity index (χ2n) is 18.1. The zero-order chi connectivity index (χ0) is 41.5. The third-order valence-electron chi connectivity index (χ3n) is 14.3. The molecule has 0 unspecified atom stereocenters. The van der Waals surface area contributed by atoms with E-state index in [1.807, 2.05) is 18.5 Å². The number of aliphatic hydroxyl groups is 3. The Bertz CT molecular complexity index is 1950. The lowest BCUT2D eigenvalue weighted by Gasteiger charge is -2.44. The van der Waals surface area contributed by atoms with Crippen LogP contribution in [-0.4, -0.2) is 88.2 Å². The molecule has 1 spiro atoms. The fourth-order valence-electron chi connectivity index (χ4n) is 10.8. The third-order valence-corrected chi connectivity index (χ3v) is 14.3. The first-order valence-electron chi connectivity index (χ1n) is 22.1. The van der Waals surface area contributed by atoms with Gasteiger partial charge in [-0.3, -0.25) is 14.6 Å². The maximum absolute atomic E-state index is 14.3. The van der Waals surface area contributed by atoms with Crippen molar-refractivity contribution < 1.29 is 34.8 Å². The van der Waals surface area contributed by atoms with Crippen molar-refractivity contribution >= 4 is 23.6 Å². The van der Waals surface area contributed by atoms with Gasteiger partial charge in [0.25, 0.3) is 0 Å². The van der Waals surface area contributed by atoms with E-state index in [4.69, 9.17) is 10.5 Å². The number of ketones is 2. The van der Waals surface area contributed by atoms with Gasteiger partial charge in [0.15, 0.2) is 17.3 Å². The zero-order valence-electron chi connectivity index (χ0n) is 34.7. The number of carbonyl (C=O) groups is 2. The number of aryl methyl sites for hydroxylation is 2. The first kappa shape index (κ1) is 43.0. The lowest BCUT2D eigenvalue weighted by molar-refractivity contribution is -0.134. The number of aliphatic hydroxyl groups excluding tert-OH is 3. The fourth-order valence-corrected chi connectivity index (χ4v) is 10.8. The number of fused-ring (bicyclic) bond motifs is 2. The van der Waals surface area contributed by atoms with Crippen molar-refractivity contribution in [3.8, 4) is 23.3 Å². The van der Waals surface area contributed by atoms with Gasteiger partial charge in [0.1, 0.15) is 17.0 Å². The quantitative estimate of drug-likeness (QED) is 0.124. The number of anilines is 1. The molecular formula is C48H64N4O7. The van der Waals surface area contributed by atoms with Crippen molar-refractivity contribution in [1.82, 2.24) is 10.3 Å². The average molecular weight is 809 g/mol. The lowest BCUT2D eigenvalue weighted by Crippen LogP contribution is -2.50. The molecule has 3 aliphatic carbocycles. The van der Waals surface area contributed by atoms with Gasteiger partial charge in [-0.25, -0.2) is 4.98 Å². The van der Waals surface area contributed by atoms with E-state index in [1.165, 1.54) is 7.11 Å². The summed E-state index contributed by atoms with van der Waals surface area (Å²) in [4.78, 5) is 35.0. The number of phenols is 1. The van der Waals surface area contributed by atoms with E-state index in [-0.39, 0.29) is 42.4 Å². The van der Waals surface area contributed by atoms with Crippen molar-refractivity contribution in [1.29, 1.82) is 0 Å². The van der Waals surface area contributed by atoms with E-state index < -0.39 is 17.6 Å². The number of aliphatic imine (C=N–C) groups is 1. The maximum Gasteiger partial charge on any atom is 0.160 e. The minimum absolute atomic E-state index is 0.000991. The minimum Gasteiger partial charge on any atom is -0.504 e. The number of pyridine rings is 1. The van der Waals surface area contributed by atoms with Gasteiger partial charge in [-0.05, 0) is 160 Å².